The van der Waals surface area contributed by atoms with Crippen LogP contribution in [-0.4, -0.2) is 26.8 Å². The molecule has 2 aromatic carbocycles. The highest BCUT2D eigenvalue weighted by Gasteiger charge is 2.11. The summed E-state index contributed by atoms with van der Waals surface area (Å²) in [6, 6.07) is 10.3. The molecular formula is C19H19ClO5. The summed E-state index contributed by atoms with van der Waals surface area (Å²) in [5.74, 6) is 1.26. The van der Waals surface area contributed by atoms with E-state index in [2.05, 4.69) is 0 Å². The Kier molecular flexibility index (Phi) is 6.71. The fourth-order valence-electron chi connectivity index (χ4n) is 2.15. The molecule has 0 N–H and O–H groups in total. The number of carbonyl (C=O) groups is 1. The maximum atomic E-state index is 12.0. The van der Waals surface area contributed by atoms with Crippen LogP contribution in [0.5, 0.6) is 23.0 Å². The lowest BCUT2D eigenvalue weighted by molar-refractivity contribution is -0.129. The van der Waals surface area contributed by atoms with Gasteiger partial charge in [-0.15, -0.1) is 0 Å². The Morgan fingerprint density at radius 3 is 2.44 bits per heavy atom. The predicted octanol–water partition coefficient (Wildman–Crippen LogP) is 4.37. The van der Waals surface area contributed by atoms with Crippen molar-refractivity contribution in [2.75, 3.05) is 20.8 Å². The lowest BCUT2D eigenvalue weighted by Gasteiger charge is -2.11. The Labute approximate surface area is 151 Å². The lowest BCUT2D eigenvalue weighted by Crippen LogP contribution is -2.04. The van der Waals surface area contributed by atoms with Gasteiger partial charge in [0.1, 0.15) is 0 Å². The second-order valence-corrected chi connectivity index (χ2v) is 5.28. The van der Waals surface area contributed by atoms with Crippen molar-refractivity contribution in [2.45, 2.75) is 6.92 Å². The van der Waals surface area contributed by atoms with Crippen molar-refractivity contribution in [3.05, 3.63) is 53.1 Å². The molecule has 6 heteroatoms. The van der Waals surface area contributed by atoms with Crippen molar-refractivity contribution in [3.8, 4) is 23.0 Å². The first-order valence-electron chi connectivity index (χ1n) is 7.62. The summed E-state index contributed by atoms with van der Waals surface area (Å²) in [6.07, 6.45) is 2.89. The van der Waals surface area contributed by atoms with Gasteiger partial charge in [-0.3, -0.25) is 0 Å². The smallest absolute Gasteiger partial charge is 0.336 e. The van der Waals surface area contributed by atoms with Crippen LogP contribution in [0, 0.1) is 0 Å². The van der Waals surface area contributed by atoms with E-state index in [-0.39, 0.29) is 0 Å². The summed E-state index contributed by atoms with van der Waals surface area (Å²) in [5.41, 5.74) is 0.686. The van der Waals surface area contributed by atoms with Crippen molar-refractivity contribution in [2.24, 2.45) is 0 Å². The van der Waals surface area contributed by atoms with Gasteiger partial charge in [0.25, 0.3) is 0 Å². The van der Waals surface area contributed by atoms with Crippen LogP contribution in [0.25, 0.3) is 6.08 Å². The zero-order valence-corrected chi connectivity index (χ0v) is 15.0. The average Bonchev–Trinajstić information content (AvgIpc) is 2.60. The minimum absolute atomic E-state index is 0.349. The zero-order chi connectivity index (χ0) is 18.2. The quantitative estimate of drug-likeness (QED) is 0.416. The van der Waals surface area contributed by atoms with E-state index >= 15 is 0 Å². The third-order valence-corrected chi connectivity index (χ3v) is 3.51. The molecule has 0 aliphatic rings. The SMILES string of the molecule is CCOc1cc(/C=C/C(=O)Oc2ccccc2OC)cc(Cl)c1OC. The topological polar surface area (TPSA) is 54.0 Å². The molecule has 132 valence electrons. The van der Waals surface area contributed by atoms with Gasteiger partial charge in [0, 0.05) is 6.08 Å². The predicted molar refractivity (Wildman–Crippen MR) is 96.8 cm³/mol. The molecular weight excluding hydrogens is 344 g/mol. The Morgan fingerprint density at radius 2 is 1.80 bits per heavy atom. The molecule has 0 aliphatic carbocycles. The Hall–Kier alpha value is -2.66. The molecule has 5 nitrogen and oxygen atoms in total. The molecule has 0 amide bonds. The number of benzene rings is 2. The fraction of sp³-hybridized carbons (Fsp3) is 0.211. The van der Waals surface area contributed by atoms with Gasteiger partial charge in [-0.1, -0.05) is 23.7 Å². The van der Waals surface area contributed by atoms with E-state index in [1.54, 1.807) is 42.5 Å². The number of esters is 1. The summed E-state index contributed by atoms with van der Waals surface area (Å²) in [5, 5.41) is 0.395. The molecule has 0 saturated carbocycles. The minimum Gasteiger partial charge on any atom is -0.493 e. The summed E-state index contributed by atoms with van der Waals surface area (Å²) >= 11 is 6.18. The molecule has 0 fully saturated rings. The minimum atomic E-state index is -0.533. The number of hydrogen-bond donors (Lipinski definition) is 0. The van der Waals surface area contributed by atoms with Crippen LogP contribution in [0.1, 0.15) is 12.5 Å². The monoisotopic (exact) mass is 362 g/mol. The van der Waals surface area contributed by atoms with Crippen LogP contribution < -0.4 is 18.9 Å². The summed E-state index contributed by atoms with van der Waals surface area (Å²) in [7, 11) is 3.03. The highest BCUT2D eigenvalue weighted by molar-refractivity contribution is 6.32. The van der Waals surface area contributed by atoms with E-state index in [1.807, 2.05) is 6.92 Å². The molecule has 2 aromatic rings. The highest BCUT2D eigenvalue weighted by Crippen LogP contribution is 2.36. The lowest BCUT2D eigenvalue weighted by atomic mass is 10.2. The van der Waals surface area contributed by atoms with Gasteiger partial charge in [-0.25, -0.2) is 4.79 Å². The van der Waals surface area contributed by atoms with E-state index in [4.69, 9.17) is 30.5 Å². The van der Waals surface area contributed by atoms with Crippen LogP contribution in [0.4, 0.5) is 0 Å². The van der Waals surface area contributed by atoms with Gasteiger partial charge in [-0.2, -0.15) is 0 Å². The molecule has 0 unspecified atom stereocenters. The van der Waals surface area contributed by atoms with Gasteiger partial charge in [0.15, 0.2) is 23.0 Å². The van der Waals surface area contributed by atoms with Gasteiger partial charge >= 0.3 is 5.97 Å². The van der Waals surface area contributed by atoms with E-state index < -0.39 is 5.97 Å². The van der Waals surface area contributed by atoms with Crippen LogP contribution in [-0.2, 0) is 4.79 Å². The van der Waals surface area contributed by atoms with E-state index in [0.717, 1.165) is 0 Å². The molecule has 0 atom stereocenters. The summed E-state index contributed by atoms with van der Waals surface area (Å²) in [4.78, 5) is 12.0. The maximum absolute atomic E-state index is 12.0. The highest BCUT2D eigenvalue weighted by atomic mass is 35.5. The summed E-state index contributed by atoms with van der Waals surface area (Å²) in [6.45, 7) is 2.33. The number of carbonyl (C=O) groups excluding carboxylic acids is 1. The van der Waals surface area contributed by atoms with Crippen molar-refractivity contribution < 1.29 is 23.7 Å². The maximum Gasteiger partial charge on any atom is 0.336 e. The third kappa shape index (κ3) is 4.90. The molecule has 25 heavy (non-hydrogen) atoms. The summed E-state index contributed by atoms with van der Waals surface area (Å²) < 4.78 is 21.1. The third-order valence-electron chi connectivity index (χ3n) is 3.23. The first-order valence-corrected chi connectivity index (χ1v) is 8.00. The second-order valence-electron chi connectivity index (χ2n) is 4.87. The van der Waals surface area contributed by atoms with Gasteiger partial charge in [0.2, 0.25) is 0 Å². The Bertz CT molecular complexity index is 770. The van der Waals surface area contributed by atoms with Crippen LogP contribution in [0.2, 0.25) is 5.02 Å². The second kappa shape index (κ2) is 8.99. The number of ether oxygens (including phenoxy) is 4. The Morgan fingerprint density at radius 1 is 1.08 bits per heavy atom. The van der Waals surface area contributed by atoms with Crippen molar-refractivity contribution >= 4 is 23.6 Å². The molecule has 0 bridgehead atoms. The molecule has 0 saturated heterocycles. The number of rotatable bonds is 7. The number of hydrogen-bond acceptors (Lipinski definition) is 5. The molecule has 0 radical (unpaired) electrons. The molecule has 2 rings (SSSR count). The Balaban J connectivity index is 2.16. The molecule has 0 aliphatic heterocycles. The molecule has 0 aromatic heterocycles. The number of para-hydroxylation sites is 2. The number of halogens is 1. The van der Waals surface area contributed by atoms with Gasteiger partial charge < -0.3 is 18.9 Å². The van der Waals surface area contributed by atoms with Crippen LogP contribution >= 0.6 is 11.6 Å². The normalized spacial score (nSPS) is 10.6. The van der Waals surface area contributed by atoms with E-state index in [1.165, 1.54) is 20.3 Å². The first kappa shape index (κ1) is 18.7. The van der Waals surface area contributed by atoms with Crippen molar-refractivity contribution in [1.82, 2.24) is 0 Å². The fourth-order valence-corrected chi connectivity index (χ4v) is 2.45. The first-order chi connectivity index (χ1) is 12.1. The van der Waals surface area contributed by atoms with Crippen LogP contribution in [0.15, 0.2) is 42.5 Å². The molecule has 0 spiro atoms. The van der Waals surface area contributed by atoms with Gasteiger partial charge in [0.05, 0.1) is 25.8 Å². The van der Waals surface area contributed by atoms with Crippen LogP contribution in [0.3, 0.4) is 0 Å². The molecule has 0 heterocycles. The van der Waals surface area contributed by atoms with Gasteiger partial charge in [-0.05, 0) is 42.8 Å². The average molecular weight is 363 g/mol. The van der Waals surface area contributed by atoms with E-state index in [0.29, 0.717) is 40.2 Å². The van der Waals surface area contributed by atoms with Crippen molar-refractivity contribution in [3.63, 3.8) is 0 Å². The van der Waals surface area contributed by atoms with E-state index in [9.17, 15) is 4.79 Å². The largest absolute Gasteiger partial charge is 0.493 e. The zero-order valence-electron chi connectivity index (χ0n) is 14.2. The number of methoxy groups -OCH3 is 2. The standard InChI is InChI=1S/C19H19ClO5/c1-4-24-17-12-13(11-14(20)19(17)23-3)9-10-18(21)25-16-8-6-5-7-15(16)22-2/h5-12H,4H2,1-3H3/b10-9+. The van der Waals surface area contributed by atoms with Crippen molar-refractivity contribution in [1.29, 1.82) is 0 Å².